The Balaban J connectivity index is 1.86. The van der Waals surface area contributed by atoms with E-state index < -0.39 is 51.9 Å². The van der Waals surface area contributed by atoms with E-state index in [1.165, 1.54) is 36.2 Å². The predicted molar refractivity (Wildman–Crippen MR) is 167 cm³/mol. The first kappa shape index (κ1) is 33.5. The second-order valence-corrected chi connectivity index (χ2v) is 12.5. The largest absolute Gasteiger partial charge is 0.416 e. The van der Waals surface area contributed by atoms with Crippen molar-refractivity contribution in [3.05, 3.63) is 130 Å². The molecule has 0 aliphatic rings. The van der Waals surface area contributed by atoms with Crippen LogP contribution in [0.3, 0.4) is 0 Å². The Kier molecular flexibility index (Phi) is 10.6. The zero-order valence-corrected chi connectivity index (χ0v) is 26.0. The molecule has 2 amide bonds. The number of nitrogens with one attached hydrogen (secondary N) is 1. The Morgan fingerprint density at radius 1 is 0.889 bits per heavy atom. The minimum Gasteiger partial charge on any atom is -0.357 e. The number of hydrogen-bond donors (Lipinski definition) is 1. The molecule has 4 aromatic rings. The first-order valence-electron chi connectivity index (χ1n) is 13.9. The van der Waals surface area contributed by atoms with Crippen molar-refractivity contribution in [3.8, 4) is 0 Å². The van der Waals surface area contributed by atoms with E-state index in [1.54, 1.807) is 48.5 Å². The zero-order chi connectivity index (χ0) is 32.8. The van der Waals surface area contributed by atoms with Crippen LogP contribution in [0.2, 0.25) is 5.02 Å². The molecule has 7 nitrogen and oxygen atoms in total. The van der Waals surface area contributed by atoms with Crippen molar-refractivity contribution >= 4 is 39.1 Å². The summed E-state index contributed by atoms with van der Waals surface area (Å²) >= 11 is 6.33. The minimum atomic E-state index is -4.82. The summed E-state index contributed by atoms with van der Waals surface area (Å²) in [7, 11) is -3.20. The lowest BCUT2D eigenvalue weighted by Crippen LogP contribution is -2.53. The number of benzene rings is 4. The molecule has 12 heteroatoms. The van der Waals surface area contributed by atoms with E-state index in [4.69, 9.17) is 11.6 Å². The molecule has 0 aliphatic carbocycles. The third-order valence-electron chi connectivity index (χ3n) is 7.27. The molecule has 0 saturated carbocycles. The number of amides is 2. The monoisotopic (exact) mass is 657 g/mol. The molecule has 0 fully saturated rings. The molecule has 0 heterocycles. The second kappa shape index (κ2) is 14.2. The summed E-state index contributed by atoms with van der Waals surface area (Å²) in [5.74, 6) is -1.33. The molecular formula is C33H31ClF3N3O4S. The van der Waals surface area contributed by atoms with Gasteiger partial charge < -0.3 is 10.2 Å². The number of alkyl halides is 3. The standard InChI is InChI=1S/C33H31ClF3N3O4S/c1-23-11-9-10-14-25(23)21-39(30(32(42)38-2)19-24-12-5-3-6-13-24)31(41)22-40(45(43,44)27-15-7-4-8-16-27)29-20-26(33(35,36)37)17-18-28(29)34/h3-18,20,30H,19,21-22H2,1-2H3,(H,38,42)/t30-/m1/s1. The summed E-state index contributed by atoms with van der Waals surface area (Å²) < 4.78 is 69.9. The number of aryl methyl sites for hydroxylation is 1. The summed E-state index contributed by atoms with van der Waals surface area (Å²) in [5.41, 5.74) is 0.580. The van der Waals surface area contributed by atoms with Gasteiger partial charge in [-0.05, 0) is 53.9 Å². The van der Waals surface area contributed by atoms with Gasteiger partial charge in [0.1, 0.15) is 12.6 Å². The zero-order valence-electron chi connectivity index (χ0n) is 24.5. The normalized spacial score (nSPS) is 12.3. The van der Waals surface area contributed by atoms with E-state index in [0.29, 0.717) is 15.9 Å². The number of nitrogens with zero attached hydrogens (tertiary/aromatic N) is 2. The molecule has 0 saturated heterocycles. The van der Waals surface area contributed by atoms with Crippen LogP contribution in [0, 0.1) is 6.92 Å². The van der Waals surface area contributed by atoms with E-state index in [1.807, 2.05) is 19.1 Å². The third kappa shape index (κ3) is 8.03. The lowest BCUT2D eigenvalue weighted by Gasteiger charge is -2.34. The van der Waals surface area contributed by atoms with Crippen molar-refractivity contribution in [1.29, 1.82) is 0 Å². The van der Waals surface area contributed by atoms with Gasteiger partial charge in [0.25, 0.3) is 10.0 Å². The van der Waals surface area contributed by atoms with Crippen molar-refractivity contribution in [3.63, 3.8) is 0 Å². The number of halogens is 4. The van der Waals surface area contributed by atoms with Gasteiger partial charge in [-0.3, -0.25) is 13.9 Å². The van der Waals surface area contributed by atoms with Crippen LogP contribution < -0.4 is 9.62 Å². The average molecular weight is 658 g/mol. The fourth-order valence-electron chi connectivity index (χ4n) is 4.80. The number of carbonyl (C=O) groups excluding carboxylic acids is 2. The molecule has 0 aromatic heterocycles. The van der Waals surface area contributed by atoms with Crippen LogP contribution in [0.5, 0.6) is 0 Å². The van der Waals surface area contributed by atoms with Crippen LogP contribution in [-0.2, 0) is 38.8 Å². The van der Waals surface area contributed by atoms with Crippen LogP contribution in [0.1, 0.15) is 22.3 Å². The van der Waals surface area contributed by atoms with Gasteiger partial charge in [0.15, 0.2) is 0 Å². The summed E-state index contributed by atoms with van der Waals surface area (Å²) in [4.78, 5) is 28.7. The molecule has 45 heavy (non-hydrogen) atoms. The van der Waals surface area contributed by atoms with E-state index in [9.17, 15) is 31.2 Å². The van der Waals surface area contributed by atoms with Crippen molar-refractivity contribution in [2.24, 2.45) is 0 Å². The lowest BCUT2D eigenvalue weighted by molar-refractivity contribution is -0.139. The number of carbonyl (C=O) groups is 2. The quantitative estimate of drug-likeness (QED) is 0.207. The SMILES string of the molecule is CNC(=O)[C@@H](Cc1ccccc1)N(Cc1ccccc1C)C(=O)CN(c1cc(C(F)(F)F)ccc1Cl)S(=O)(=O)c1ccccc1. The first-order chi connectivity index (χ1) is 21.3. The Bertz CT molecular complexity index is 1750. The molecule has 0 aliphatic heterocycles. The van der Waals surface area contributed by atoms with Crippen LogP contribution in [0.15, 0.2) is 108 Å². The number of rotatable bonds is 11. The van der Waals surface area contributed by atoms with Crippen LogP contribution >= 0.6 is 11.6 Å². The van der Waals surface area contributed by atoms with E-state index in [0.717, 1.165) is 23.3 Å². The Morgan fingerprint density at radius 2 is 1.49 bits per heavy atom. The number of hydrogen-bond acceptors (Lipinski definition) is 4. The van der Waals surface area contributed by atoms with Gasteiger partial charge >= 0.3 is 6.18 Å². The number of anilines is 1. The van der Waals surface area contributed by atoms with Gasteiger partial charge in [-0.15, -0.1) is 0 Å². The van der Waals surface area contributed by atoms with Crippen molar-refractivity contribution < 1.29 is 31.2 Å². The van der Waals surface area contributed by atoms with Gasteiger partial charge in [0.2, 0.25) is 11.8 Å². The molecule has 4 aromatic carbocycles. The molecule has 0 bridgehead atoms. The fourth-order valence-corrected chi connectivity index (χ4v) is 6.52. The molecule has 1 atom stereocenters. The van der Waals surface area contributed by atoms with E-state index in [2.05, 4.69) is 5.32 Å². The summed E-state index contributed by atoms with van der Waals surface area (Å²) in [6, 6.07) is 24.3. The molecule has 0 spiro atoms. The molecule has 0 radical (unpaired) electrons. The maximum absolute atomic E-state index is 14.3. The molecular weight excluding hydrogens is 627 g/mol. The molecule has 1 N–H and O–H groups in total. The fraction of sp³-hybridized carbons (Fsp3) is 0.212. The first-order valence-corrected chi connectivity index (χ1v) is 15.7. The topological polar surface area (TPSA) is 86.8 Å². The van der Waals surface area contributed by atoms with Gasteiger partial charge in [-0.25, -0.2) is 8.42 Å². The number of likely N-dealkylation sites (N-methyl/N-ethyl adjacent to an activating group) is 1. The van der Waals surface area contributed by atoms with Crippen molar-refractivity contribution in [2.45, 2.75) is 37.0 Å². The Morgan fingerprint density at radius 3 is 2.09 bits per heavy atom. The van der Waals surface area contributed by atoms with Crippen molar-refractivity contribution in [2.75, 3.05) is 17.9 Å². The smallest absolute Gasteiger partial charge is 0.357 e. The predicted octanol–water partition coefficient (Wildman–Crippen LogP) is 6.25. The Hall–Kier alpha value is -4.35. The highest BCUT2D eigenvalue weighted by atomic mass is 35.5. The average Bonchev–Trinajstić information content (AvgIpc) is 3.02. The second-order valence-electron chi connectivity index (χ2n) is 10.3. The number of sulfonamides is 1. The van der Waals surface area contributed by atoms with E-state index in [-0.39, 0.29) is 22.9 Å². The molecule has 0 unspecified atom stereocenters. The Labute approximate surface area is 265 Å². The highest BCUT2D eigenvalue weighted by Gasteiger charge is 2.37. The third-order valence-corrected chi connectivity index (χ3v) is 9.37. The molecule has 4 rings (SSSR count). The maximum Gasteiger partial charge on any atom is 0.416 e. The highest BCUT2D eigenvalue weighted by molar-refractivity contribution is 7.92. The van der Waals surface area contributed by atoms with Crippen LogP contribution in [-0.4, -0.2) is 44.8 Å². The maximum atomic E-state index is 14.3. The summed E-state index contributed by atoms with van der Waals surface area (Å²) in [6.45, 7) is 0.817. The summed E-state index contributed by atoms with van der Waals surface area (Å²) in [6.07, 6.45) is -4.73. The van der Waals surface area contributed by atoms with Crippen LogP contribution in [0.4, 0.5) is 18.9 Å². The summed E-state index contributed by atoms with van der Waals surface area (Å²) in [5, 5.41) is 2.27. The lowest BCUT2D eigenvalue weighted by atomic mass is 10.0. The highest BCUT2D eigenvalue weighted by Crippen LogP contribution is 2.37. The van der Waals surface area contributed by atoms with Crippen molar-refractivity contribution in [1.82, 2.24) is 10.2 Å². The minimum absolute atomic E-state index is 0.0774. The van der Waals surface area contributed by atoms with Gasteiger partial charge in [0, 0.05) is 20.0 Å². The molecule has 236 valence electrons. The van der Waals surface area contributed by atoms with Gasteiger partial charge in [0.05, 0.1) is 21.2 Å². The van der Waals surface area contributed by atoms with Gasteiger partial charge in [-0.2, -0.15) is 13.2 Å². The van der Waals surface area contributed by atoms with E-state index >= 15 is 0 Å². The van der Waals surface area contributed by atoms with Gasteiger partial charge in [-0.1, -0.05) is 84.4 Å². The van der Waals surface area contributed by atoms with Crippen LogP contribution in [0.25, 0.3) is 0 Å².